The van der Waals surface area contributed by atoms with Crippen molar-refractivity contribution in [2.75, 3.05) is 45.5 Å². The average molecular weight is 351 g/mol. The van der Waals surface area contributed by atoms with Gasteiger partial charge in [0.2, 0.25) is 10.0 Å². The number of benzene rings is 1. The largest absolute Gasteiger partial charge is 0.451 e. The summed E-state index contributed by atoms with van der Waals surface area (Å²) in [6.07, 6.45) is 1.23. The number of carbonyl (C=O) groups is 1. The Hall–Kier alpha value is -1.90. The zero-order valence-corrected chi connectivity index (χ0v) is 14.4. The first-order chi connectivity index (χ1) is 11.4. The van der Waals surface area contributed by atoms with E-state index >= 15 is 0 Å². The molecule has 0 bridgehead atoms. The highest BCUT2D eigenvalue weighted by atomic mass is 32.2. The van der Waals surface area contributed by atoms with E-state index in [0.717, 1.165) is 5.39 Å². The molecule has 3 rings (SSSR count). The van der Waals surface area contributed by atoms with Crippen LogP contribution in [0.4, 0.5) is 0 Å². The highest BCUT2D eigenvalue weighted by Gasteiger charge is 2.23. The summed E-state index contributed by atoms with van der Waals surface area (Å²) in [7, 11) is -3.11. The Morgan fingerprint density at radius 3 is 2.58 bits per heavy atom. The summed E-state index contributed by atoms with van der Waals surface area (Å²) in [6, 6.07) is 9.22. The Labute approximate surface area is 141 Å². The van der Waals surface area contributed by atoms with Gasteiger partial charge in [0.1, 0.15) is 5.58 Å². The van der Waals surface area contributed by atoms with Gasteiger partial charge in [-0.25, -0.2) is 8.42 Å². The number of hydrogen-bond acceptors (Lipinski definition) is 5. The second kappa shape index (κ2) is 6.92. The zero-order chi connectivity index (χ0) is 17.2. The van der Waals surface area contributed by atoms with Crippen LogP contribution in [0.25, 0.3) is 11.0 Å². The molecule has 8 heteroatoms. The molecule has 1 aromatic heterocycles. The predicted octanol–water partition coefficient (Wildman–Crippen LogP) is 0.740. The maximum Gasteiger partial charge on any atom is 0.287 e. The molecule has 1 aliphatic heterocycles. The van der Waals surface area contributed by atoms with Crippen LogP contribution in [-0.4, -0.2) is 69.1 Å². The van der Waals surface area contributed by atoms with Crippen LogP contribution in [0.5, 0.6) is 0 Å². The molecule has 2 heterocycles. The zero-order valence-electron chi connectivity index (χ0n) is 13.6. The fourth-order valence-electron chi connectivity index (χ4n) is 2.79. The number of carbonyl (C=O) groups excluding carboxylic acids is 1. The molecule has 1 aliphatic rings. The quantitative estimate of drug-likeness (QED) is 0.859. The van der Waals surface area contributed by atoms with Crippen LogP contribution >= 0.6 is 0 Å². The maximum absolute atomic E-state index is 12.1. The van der Waals surface area contributed by atoms with Crippen LogP contribution in [0.15, 0.2) is 34.7 Å². The van der Waals surface area contributed by atoms with Crippen LogP contribution in [0.2, 0.25) is 0 Å². The molecule has 130 valence electrons. The van der Waals surface area contributed by atoms with E-state index in [9.17, 15) is 13.2 Å². The van der Waals surface area contributed by atoms with Gasteiger partial charge >= 0.3 is 0 Å². The molecule has 1 N–H and O–H groups in total. The summed E-state index contributed by atoms with van der Waals surface area (Å²) in [6.45, 7) is 3.52. The molecule has 0 saturated carbocycles. The van der Waals surface area contributed by atoms with Gasteiger partial charge in [-0.3, -0.25) is 9.69 Å². The first-order valence-electron chi connectivity index (χ1n) is 7.88. The minimum atomic E-state index is -3.11. The molecule has 0 atom stereocenters. The second-order valence-electron chi connectivity index (χ2n) is 5.91. The van der Waals surface area contributed by atoms with Gasteiger partial charge in [-0.1, -0.05) is 18.2 Å². The van der Waals surface area contributed by atoms with Crippen molar-refractivity contribution in [2.45, 2.75) is 0 Å². The number of furan rings is 1. The molecule has 24 heavy (non-hydrogen) atoms. The number of piperazine rings is 1. The number of nitrogens with zero attached hydrogens (tertiary/aromatic N) is 2. The third-order valence-electron chi connectivity index (χ3n) is 4.16. The van der Waals surface area contributed by atoms with E-state index < -0.39 is 10.0 Å². The van der Waals surface area contributed by atoms with E-state index in [-0.39, 0.29) is 5.91 Å². The number of nitrogens with one attached hydrogen (secondary N) is 1. The van der Waals surface area contributed by atoms with Crippen molar-refractivity contribution in [1.82, 2.24) is 14.5 Å². The van der Waals surface area contributed by atoms with Crippen molar-refractivity contribution in [3.63, 3.8) is 0 Å². The summed E-state index contributed by atoms with van der Waals surface area (Å²) < 4.78 is 29.9. The summed E-state index contributed by atoms with van der Waals surface area (Å²) in [5.74, 6) is 0.0686. The minimum absolute atomic E-state index is 0.235. The van der Waals surface area contributed by atoms with Crippen LogP contribution in [0, 0.1) is 0 Å². The summed E-state index contributed by atoms with van der Waals surface area (Å²) in [5, 5.41) is 3.74. The van der Waals surface area contributed by atoms with Crippen LogP contribution in [0.1, 0.15) is 10.6 Å². The van der Waals surface area contributed by atoms with Gasteiger partial charge in [-0.15, -0.1) is 0 Å². The lowest BCUT2D eigenvalue weighted by atomic mass is 10.2. The SMILES string of the molecule is CS(=O)(=O)N1CCN(CCNC(=O)c2cc3ccccc3o2)CC1. The normalized spacial score (nSPS) is 17.2. The van der Waals surface area contributed by atoms with Crippen molar-refractivity contribution < 1.29 is 17.6 Å². The Balaban J connectivity index is 1.46. The van der Waals surface area contributed by atoms with E-state index in [1.807, 2.05) is 24.3 Å². The Kier molecular flexibility index (Phi) is 4.88. The molecule has 2 aromatic rings. The number of fused-ring (bicyclic) bond motifs is 1. The maximum atomic E-state index is 12.1. The Morgan fingerprint density at radius 2 is 1.92 bits per heavy atom. The number of hydrogen-bond donors (Lipinski definition) is 1. The molecule has 7 nitrogen and oxygen atoms in total. The molecular formula is C16H21N3O4S. The molecule has 1 saturated heterocycles. The van der Waals surface area contributed by atoms with Gasteiger partial charge in [0.15, 0.2) is 5.76 Å². The van der Waals surface area contributed by atoms with E-state index in [4.69, 9.17) is 4.42 Å². The Morgan fingerprint density at radius 1 is 1.21 bits per heavy atom. The van der Waals surface area contributed by atoms with E-state index in [2.05, 4.69) is 10.2 Å². The number of para-hydroxylation sites is 1. The van der Waals surface area contributed by atoms with Crippen molar-refractivity contribution in [1.29, 1.82) is 0 Å². The third kappa shape index (κ3) is 3.95. The molecule has 1 fully saturated rings. The van der Waals surface area contributed by atoms with Crippen molar-refractivity contribution in [2.24, 2.45) is 0 Å². The fraction of sp³-hybridized carbons (Fsp3) is 0.438. The topological polar surface area (TPSA) is 82.9 Å². The van der Waals surface area contributed by atoms with Gasteiger partial charge in [0.05, 0.1) is 6.26 Å². The number of sulfonamides is 1. The minimum Gasteiger partial charge on any atom is -0.451 e. The van der Waals surface area contributed by atoms with Gasteiger partial charge < -0.3 is 9.73 Å². The summed E-state index contributed by atoms with van der Waals surface area (Å²) in [4.78, 5) is 14.3. The van der Waals surface area contributed by atoms with Crippen LogP contribution in [0.3, 0.4) is 0 Å². The molecule has 0 spiro atoms. The monoisotopic (exact) mass is 351 g/mol. The molecule has 0 unspecified atom stereocenters. The highest BCUT2D eigenvalue weighted by molar-refractivity contribution is 7.88. The number of rotatable bonds is 5. The van der Waals surface area contributed by atoms with Crippen molar-refractivity contribution in [3.05, 3.63) is 36.1 Å². The molecular weight excluding hydrogens is 330 g/mol. The molecule has 0 aliphatic carbocycles. The van der Waals surface area contributed by atoms with E-state index in [1.165, 1.54) is 10.6 Å². The van der Waals surface area contributed by atoms with Gasteiger partial charge in [0, 0.05) is 44.7 Å². The van der Waals surface area contributed by atoms with Gasteiger partial charge in [-0.05, 0) is 12.1 Å². The standard InChI is InChI=1S/C16H21N3O4S/c1-24(21,22)19-10-8-18(9-11-19)7-6-17-16(20)15-12-13-4-2-3-5-14(13)23-15/h2-5,12H,6-11H2,1H3,(H,17,20). The predicted molar refractivity (Wildman–Crippen MR) is 91.4 cm³/mol. The van der Waals surface area contributed by atoms with Crippen LogP contribution in [-0.2, 0) is 10.0 Å². The van der Waals surface area contributed by atoms with E-state index in [1.54, 1.807) is 6.07 Å². The molecule has 1 amide bonds. The second-order valence-corrected chi connectivity index (χ2v) is 7.89. The third-order valence-corrected chi connectivity index (χ3v) is 5.47. The smallest absolute Gasteiger partial charge is 0.287 e. The highest BCUT2D eigenvalue weighted by Crippen LogP contribution is 2.18. The lowest BCUT2D eigenvalue weighted by Gasteiger charge is -2.33. The van der Waals surface area contributed by atoms with Gasteiger partial charge in [-0.2, -0.15) is 4.31 Å². The molecule has 0 radical (unpaired) electrons. The molecule has 1 aromatic carbocycles. The van der Waals surface area contributed by atoms with Crippen molar-refractivity contribution in [3.8, 4) is 0 Å². The Bertz CT molecular complexity index is 790. The summed E-state index contributed by atoms with van der Waals surface area (Å²) in [5.41, 5.74) is 0.694. The lowest BCUT2D eigenvalue weighted by Crippen LogP contribution is -2.49. The van der Waals surface area contributed by atoms with Gasteiger partial charge in [0.25, 0.3) is 5.91 Å². The van der Waals surface area contributed by atoms with E-state index in [0.29, 0.717) is 50.6 Å². The fourth-order valence-corrected chi connectivity index (χ4v) is 3.62. The lowest BCUT2D eigenvalue weighted by molar-refractivity contribution is 0.0919. The average Bonchev–Trinajstić information content (AvgIpc) is 2.98. The first kappa shape index (κ1) is 16.9. The first-order valence-corrected chi connectivity index (χ1v) is 9.72. The summed E-state index contributed by atoms with van der Waals surface area (Å²) >= 11 is 0. The van der Waals surface area contributed by atoms with Crippen molar-refractivity contribution >= 4 is 26.9 Å². The van der Waals surface area contributed by atoms with Crippen LogP contribution < -0.4 is 5.32 Å². The number of amides is 1.